The highest BCUT2D eigenvalue weighted by Crippen LogP contribution is 2.26. The van der Waals surface area contributed by atoms with E-state index in [2.05, 4.69) is 5.32 Å². The van der Waals surface area contributed by atoms with E-state index in [1.54, 1.807) is 6.26 Å². The van der Waals surface area contributed by atoms with E-state index in [0.717, 1.165) is 23.4 Å². The van der Waals surface area contributed by atoms with Gasteiger partial charge in [0.1, 0.15) is 18.1 Å². The van der Waals surface area contributed by atoms with Crippen molar-refractivity contribution in [2.24, 2.45) is 0 Å². The lowest BCUT2D eigenvalue weighted by Gasteiger charge is -2.06. The molecule has 4 heteroatoms. The third-order valence-electron chi connectivity index (χ3n) is 3.34. The molecule has 0 bridgehead atoms. The second kappa shape index (κ2) is 5.90. The number of ether oxygens (including phenoxy) is 1. The topological polar surface area (TPSA) is 34.4 Å². The van der Waals surface area contributed by atoms with Gasteiger partial charge in [0.25, 0.3) is 0 Å². The summed E-state index contributed by atoms with van der Waals surface area (Å²) in [5.41, 5.74) is 2.28. The molecule has 0 aliphatic heterocycles. The van der Waals surface area contributed by atoms with Crippen molar-refractivity contribution in [2.45, 2.75) is 39.0 Å². The van der Waals surface area contributed by atoms with Crippen molar-refractivity contribution in [1.29, 1.82) is 0 Å². The summed E-state index contributed by atoms with van der Waals surface area (Å²) in [4.78, 5) is 0. The zero-order valence-electron chi connectivity index (χ0n) is 11.5. The molecule has 0 radical (unpaired) electrons. The number of benzene rings is 1. The van der Waals surface area contributed by atoms with Crippen LogP contribution >= 0.6 is 11.6 Å². The van der Waals surface area contributed by atoms with Crippen LogP contribution in [0.2, 0.25) is 5.02 Å². The maximum absolute atomic E-state index is 6.13. The number of aryl methyl sites for hydroxylation is 1. The van der Waals surface area contributed by atoms with E-state index < -0.39 is 0 Å². The Morgan fingerprint density at radius 1 is 1.35 bits per heavy atom. The molecule has 20 heavy (non-hydrogen) atoms. The fourth-order valence-electron chi connectivity index (χ4n) is 2.02. The van der Waals surface area contributed by atoms with Crippen LogP contribution in [0, 0.1) is 6.92 Å². The zero-order chi connectivity index (χ0) is 13.9. The highest BCUT2D eigenvalue weighted by Gasteiger charge is 2.20. The van der Waals surface area contributed by atoms with Crippen molar-refractivity contribution in [1.82, 2.24) is 5.32 Å². The Bertz CT molecular complexity index is 590. The highest BCUT2D eigenvalue weighted by atomic mass is 35.5. The Morgan fingerprint density at radius 3 is 2.95 bits per heavy atom. The van der Waals surface area contributed by atoms with E-state index in [1.807, 2.05) is 31.2 Å². The zero-order valence-corrected chi connectivity index (χ0v) is 12.2. The lowest BCUT2D eigenvalue weighted by Crippen LogP contribution is -2.14. The molecule has 3 rings (SSSR count). The number of rotatable bonds is 6. The lowest BCUT2D eigenvalue weighted by molar-refractivity contribution is 0.270. The fraction of sp³-hybridized carbons (Fsp3) is 0.375. The van der Waals surface area contributed by atoms with E-state index in [1.165, 1.54) is 12.8 Å². The molecule has 1 heterocycles. The summed E-state index contributed by atoms with van der Waals surface area (Å²) in [6.45, 7) is 3.26. The summed E-state index contributed by atoms with van der Waals surface area (Å²) in [5.74, 6) is 1.50. The van der Waals surface area contributed by atoms with Crippen molar-refractivity contribution < 1.29 is 9.15 Å². The molecular weight excluding hydrogens is 274 g/mol. The van der Waals surface area contributed by atoms with Crippen LogP contribution < -0.4 is 10.1 Å². The Kier molecular flexibility index (Phi) is 3.99. The first kappa shape index (κ1) is 13.5. The second-order valence-electron chi connectivity index (χ2n) is 5.30. The van der Waals surface area contributed by atoms with Gasteiger partial charge in [0.05, 0.1) is 11.3 Å². The fourth-order valence-corrected chi connectivity index (χ4v) is 2.31. The van der Waals surface area contributed by atoms with Gasteiger partial charge in [-0.2, -0.15) is 0 Å². The van der Waals surface area contributed by atoms with Gasteiger partial charge in [0, 0.05) is 18.2 Å². The third-order valence-corrected chi connectivity index (χ3v) is 3.63. The number of furan rings is 1. The van der Waals surface area contributed by atoms with E-state index in [9.17, 15) is 0 Å². The normalized spacial score (nSPS) is 14.5. The maximum Gasteiger partial charge on any atom is 0.146 e. The van der Waals surface area contributed by atoms with Crippen LogP contribution in [0.1, 0.15) is 29.7 Å². The first-order chi connectivity index (χ1) is 9.70. The average Bonchev–Trinajstić information content (AvgIpc) is 3.14. The van der Waals surface area contributed by atoms with E-state index in [4.69, 9.17) is 20.8 Å². The summed E-state index contributed by atoms with van der Waals surface area (Å²) < 4.78 is 11.2. The molecule has 0 unspecified atom stereocenters. The Balaban J connectivity index is 1.54. The monoisotopic (exact) mass is 291 g/mol. The summed E-state index contributed by atoms with van der Waals surface area (Å²) >= 11 is 6.13. The van der Waals surface area contributed by atoms with Gasteiger partial charge in [-0.1, -0.05) is 17.7 Å². The molecule has 1 fully saturated rings. The average molecular weight is 292 g/mol. The molecule has 0 spiro atoms. The van der Waals surface area contributed by atoms with E-state index in [0.29, 0.717) is 23.4 Å². The molecule has 1 aliphatic carbocycles. The van der Waals surface area contributed by atoms with Crippen LogP contribution in [0.4, 0.5) is 0 Å². The van der Waals surface area contributed by atoms with E-state index >= 15 is 0 Å². The SMILES string of the molecule is Cc1ccc(OCc2cc(CNC3CC3)co2)c(Cl)c1. The van der Waals surface area contributed by atoms with Crippen LogP contribution in [-0.4, -0.2) is 6.04 Å². The van der Waals surface area contributed by atoms with Gasteiger partial charge in [0.2, 0.25) is 0 Å². The quantitative estimate of drug-likeness (QED) is 0.871. The number of nitrogens with one attached hydrogen (secondary N) is 1. The summed E-state index contributed by atoms with van der Waals surface area (Å²) in [5, 5.41) is 4.09. The Labute approximate surface area is 123 Å². The smallest absolute Gasteiger partial charge is 0.146 e. The van der Waals surface area contributed by atoms with Gasteiger partial charge in [0.15, 0.2) is 0 Å². The second-order valence-corrected chi connectivity index (χ2v) is 5.71. The van der Waals surface area contributed by atoms with Crippen molar-refractivity contribution in [3.05, 3.63) is 52.4 Å². The maximum atomic E-state index is 6.13. The molecule has 1 saturated carbocycles. The van der Waals surface area contributed by atoms with Crippen molar-refractivity contribution in [3.8, 4) is 5.75 Å². The highest BCUT2D eigenvalue weighted by molar-refractivity contribution is 6.32. The van der Waals surface area contributed by atoms with Gasteiger partial charge in [-0.05, 0) is 43.5 Å². The molecule has 1 aromatic heterocycles. The third kappa shape index (κ3) is 3.56. The first-order valence-electron chi connectivity index (χ1n) is 6.89. The Hall–Kier alpha value is -1.45. The van der Waals surface area contributed by atoms with Crippen LogP contribution in [0.5, 0.6) is 5.75 Å². The van der Waals surface area contributed by atoms with Crippen LogP contribution in [0.3, 0.4) is 0 Å². The van der Waals surface area contributed by atoms with Gasteiger partial charge < -0.3 is 14.5 Å². The van der Waals surface area contributed by atoms with E-state index in [-0.39, 0.29) is 0 Å². The minimum atomic E-state index is 0.395. The minimum Gasteiger partial charge on any atom is -0.484 e. The predicted octanol–water partition coefficient (Wildman–Crippen LogP) is 4.07. The molecule has 106 valence electrons. The van der Waals surface area contributed by atoms with Gasteiger partial charge >= 0.3 is 0 Å². The standard InChI is InChI=1S/C16H18ClNO2/c1-11-2-5-16(15(17)6-11)20-10-14-7-12(9-19-14)8-18-13-3-4-13/h2,5-7,9,13,18H,3-4,8,10H2,1H3. The Morgan fingerprint density at radius 2 is 2.20 bits per heavy atom. The van der Waals surface area contributed by atoms with Crippen LogP contribution in [-0.2, 0) is 13.2 Å². The van der Waals surface area contributed by atoms with Gasteiger partial charge in [-0.15, -0.1) is 0 Å². The summed E-state index contributed by atoms with van der Waals surface area (Å²) in [6.07, 6.45) is 4.37. The molecule has 1 aliphatic rings. The van der Waals surface area contributed by atoms with Crippen LogP contribution in [0.15, 0.2) is 34.9 Å². The number of hydrogen-bond donors (Lipinski definition) is 1. The molecular formula is C16H18ClNO2. The summed E-state index contributed by atoms with van der Waals surface area (Å²) in [6, 6.07) is 8.49. The predicted molar refractivity (Wildman–Crippen MR) is 79.1 cm³/mol. The van der Waals surface area contributed by atoms with Crippen molar-refractivity contribution in [3.63, 3.8) is 0 Å². The molecule has 3 nitrogen and oxygen atoms in total. The van der Waals surface area contributed by atoms with Crippen LogP contribution in [0.25, 0.3) is 0 Å². The number of halogens is 1. The number of hydrogen-bond acceptors (Lipinski definition) is 3. The molecule has 1 N–H and O–H groups in total. The molecule has 2 aromatic rings. The van der Waals surface area contributed by atoms with Crippen molar-refractivity contribution in [2.75, 3.05) is 0 Å². The largest absolute Gasteiger partial charge is 0.484 e. The van der Waals surface area contributed by atoms with Crippen molar-refractivity contribution >= 4 is 11.6 Å². The minimum absolute atomic E-state index is 0.395. The molecule has 1 aromatic carbocycles. The lowest BCUT2D eigenvalue weighted by atomic mass is 10.2. The molecule has 0 amide bonds. The molecule has 0 saturated heterocycles. The summed E-state index contributed by atoms with van der Waals surface area (Å²) in [7, 11) is 0. The first-order valence-corrected chi connectivity index (χ1v) is 7.27. The molecule has 0 atom stereocenters. The van der Waals surface area contributed by atoms with Gasteiger partial charge in [-0.3, -0.25) is 0 Å². The van der Waals surface area contributed by atoms with Gasteiger partial charge in [-0.25, -0.2) is 0 Å².